The molecule has 5 nitrogen and oxygen atoms in total. The highest BCUT2D eigenvalue weighted by molar-refractivity contribution is 5.41. The quantitative estimate of drug-likeness (QED) is 0.806. The minimum Gasteiger partial charge on any atom is -0.478 e. The van der Waals surface area contributed by atoms with E-state index in [-0.39, 0.29) is 33.2 Å². The van der Waals surface area contributed by atoms with E-state index in [1.165, 1.54) is 6.92 Å². The third-order valence-corrected chi connectivity index (χ3v) is 2.94. The number of halogens is 6. The van der Waals surface area contributed by atoms with E-state index < -0.39 is 35.9 Å². The van der Waals surface area contributed by atoms with E-state index in [4.69, 9.17) is 4.74 Å². The molecule has 0 saturated heterocycles. The Morgan fingerprint density at radius 1 is 1.22 bits per heavy atom. The van der Waals surface area contributed by atoms with Gasteiger partial charge in [0, 0.05) is 6.20 Å². The topological polar surface area (TPSA) is 48.5 Å². The summed E-state index contributed by atoms with van der Waals surface area (Å²) in [5.74, 6) is -1.08. The molecular formula is C12H11F6N3O2. The number of hydrogen-bond donors (Lipinski definition) is 0. The van der Waals surface area contributed by atoms with Gasteiger partial charge in [0.05, 0.1) is 12.2 Å². The molecule has 11 heteroatoms. The monoisotopic (exact) mass is 343 g/mol. The van der Waals surface area contributed by atoms with Gasteiger partial charge in [-0.2, -0.15) is 31.3 Å². The summed E-state index contributed by atoms with van der Waals surface area (Å²) < 4.78 is 82.0. The molecule has 2 heterocycles. The van der Waals surface area contributed by atoms with E-state index in [0.717, 1.165) is 0 Å². The van der Waals surface area contributed by atoms with Gasteiger partial charge < -0.3 is 9.30 Å². The molecule has 2 aromatic rings. The van der Waals surface area contributed by atoms with Crippen LogP contribution in [0.4, 0.5) is 26.3 Å². The smallest absolute Gasteiger partial charge is 0.433 e. The lowest BCUT2D eigenvalue weighted by molar-refractivity contribution is -0.145. The van der Waals surface area contributed by atoms with Crippen molar-refractivity contribution in [2.75, 3.05) is 6.61 Å². The first-order chi connectivity index (χ1) is 10.5. The summed E-state index contributed by atoms with van der Waals surface area (Å²) in [6.07, 6.45) is -9.58. The summed E-state index contributed by atoms with van der Waals surface area (Å²) in [6.45, 7) is 1.07. The lowest BCUT2D eigenvalue weighted by Gasteiger charge is -2.10. The third-order valence-electron chi connectivity index (χ3n) is 2.94. The Morgan fingerprint density at radius 2 is 1.83 bits per heavy atom. The number of imidazole rings is 1. The van der Waals surface area contributed by atoms with Gasteiger partial charge in [0.25, 0.3) is 5.56 Å². The van der Waals surface area contributed by atoms with Crippen LogP contribution in [0.5, 0.6) is 5.88 Å². The Kier molecular flexibility index (Phi) is 4.07. The first kappa shape index (κ1) is 17.2. The predicted molar refractivity (Wildman–Crippen MR) is 66.4 cm³/mol. The maximum Gasteiger partial charge on any atom is 0.433 e. The molecule has 2 rings (SSSR count). The van der Waals surface area contributed by atoms with Crippen LogP contribution in [0, 0.1) is 6.92 Å². The summed E-state index contributed by atoms with van der Waals surface area (Å²) in [5, 5.41) is 0. The normalized spacial score (nSPS) is 12.9. The van der Waals surface area contributed by atoms with E-state index in [1.54, 1.807) is 6.92 Å². The highest BCUT2D eigenvalue weighted by Crippen LogP contribution is 2.31. The van der Waals surface area contributed by atoms with Gasteiger partial charge in [-0.15, -0.1) is 0 Å². The van der Waals surface area contributed by atoms with Gasteiger partial charge in [-0.1, -0.05) is 0 Å². The van der Waals surface area contributed by atoms with Crippen molar-refractivity contribution in [1.82, 2.24) is 14.0 Å². The summed E-state index contributed by atoms with van der Waals surface area (Å²) >= 11 is 0. The first-order valence-corrected chi connectivity index (χ1v) is 6.35. The van der Waals surface area contributed by atoms with Crippen LogP contribution in [0.1, 0.15) is 18.2 Å². The molecule has 0 aliphatic rings. The molecule has 0 radical (unpaired) electrons. The van der Waals surface area contributed by atoms with Crippen molar-refractivity contribution in [3.8, 4) is 5.88 Å². The Labute approximate surface area is 125 Å². The van der Waals surface area contributed by atoms with E-state index in [0.29, 0.717) is 0 Å². The van der Waals surface area contributed by atoms with Crippen molar-refractivity contribution < 1.29 is 31.1 Å². The molecule has 2 aromatic heterocycles. The summed E-state index contributed by atoms with van der Waals surface area (Å²) in [4.78, 5) is 15.8. The van der Waals surface area contributed by atoms with Crippen molar-refractivity contribution >= 4 is 5.78 Å². The zero-order valence-electron chi connectivity index (χ0n) is 11.9. The predicted octanol–water partition coefficient (Wildman–Crippen LogP) is 2.78. The third kappa shape index (κ3) is 3.27. The summed E-state index contributed by atoms with van der Waals surface area (Å²) in [7, 11) is 0. The molecule has 0 saturated carbocycles. The van der Waals surface area contributed by atoms with Crippen molar-refractivity contribution in [2.45, 2.75) is 32.7 Å². The molecule has 0 unspecified atom stereocenters. The summed E-state index contributed by atoms with van der Waals surface area (Å²) in [5.41, 5.74) is -2.88. The molecule has 128 valence electrons. The molecule has 0 aliphatic heterocycles. The molecule has 0 N–H and O–H groups in total. The molecule has 0 spiro atoms. The van der Waals surface area contributed by atoms with Crippen molar-refractivity contribution in [3.63, 3.8) is 0 Å². The van der Waals surface area contributed by atoms with Crippen LogP contribution >= 0.6 is 0 Å². The zero-order valence-corrected chi connectivity index (χ0v) is 11.9. The number of alkyl halides is 6. The van der Waals surface area contributed by atoms with Gasteiger partial charge >= 0.3 is 12.4 Å². The Bertz CT molecular complexity index is 787. The van der Waals surface area contributed by atoms with Crippen LogP contribution in [0.25, 0.3) is 5.78 Å². The fraction of sp³-hybridized carbons (Fsp3) is 0.500. The van der Waals surface area contributed by atoms with E-state index in [2.05, 4.69) is 4.98 Å². The minimum absolute atomic E-state index is 0.0512. The van der Waals surface area contributed by atoms with Gasteiger partial charge in [0.1, 0.15) is 12.2 Å². The second-order valence-electron chi connectivity index (χ2n) is 4.67. The lowest BCUT2D eigenvalue weighted by Crippen LogP contribution is -2.24. The molecule has 0 aromatic carbocycles. The number of aromatic nitrogens is 3. The van der Waals surface area contributed by atoms with Crippen LogP contribution < -0.4 is 10.3 Å². The fourth-order valence-corrected chi connectivity index (χ4v) is 2.03. The van der Waals surface area contributed by atoms with E-state index >= 15 is 0 Å². The SMILES string of the molecule is CCOc1nc2n(CC(F)(F)F)cc(C(F)(F)F)n2c(=O)c1C. The van der Waals surface area contributed by atoms with Gasteiger partial charge in [-0.3, -0.25) is 4.79 Å². The standard InChI is InChI=1S/C12H11F6N3O2/c1-3-23-8-6(2)9(22)21-7(12(16,17)18)4-20(10(21)19-8)5-11(13,14)15/h4H,3,5H2,1-2H3. The van der Waals surface area contributed by atoms with Crippen LogP contribution in [0.2, 0.25) is 0 Å². The highest BCUT2D eigenvalue weighted by atomic mass is 19.4. The second-order valence-corrected chi connectivity index (χ2v) is 4.67. The van der Waals surface area contributed by atoms with Gasteiger partial charge in [0.15, 0.2) is 0 Å². The largest absolute Gasteiger partial charge is 0.478 e. The number of fused-ring (bicyclic) bond motifs is 1. The molecular weight excluding hydrogens is 332 g/mol. The molecule has 0 bridgehead atoms. The number of ether oxygens (including phenoxy) is 1. The summed E-state index contributed by atoms with van der Waals surface area (Å²) in [6, 6.07) is 0. The Hall–Kier alpha value is -2.20. The van der Waals surface area contributed by atoms with Crippen LogP contribution in [0.15, 0.2) is 11.0 Å². The molecule has 0 fully saturated rings. The van der Waals surface area contributed by atoms with Gasteiger partial charge in [-0.05, 0) is 13.8 Å². The maximum absolute atomic E-state index is 13.0. The first-order valence-electron chi connectivity index (χ1n) is 6.35. The maximum atomic E-state index is 13.0. The fourth-order valence-electron chi connectivity index (χ4n) is 2.03. The molecule has 0 aliphatic carbocycles. The van der Waals surface area contributed by atoms with Crippen LogP contribution in [-0.4, -0.2) is 26.7 Å². The molecule has 0 amide bonds. The van der Waals surface area contributed by atoms with Crippen LogP contribution in [-0.2, 0) is 12.7 Å². The van der Waals surface area contributed by atoms with Gasteiger partial charge in [0.2, 0.25) is 11.7 Å². The van der Waals surface area contributed by atoms with E-state index in [1.807, 2.05) is 0 Å². The second kappa shape index (κ2) is 5.46. The zero-order chi connectivity index (χ0) is 17.6. The lowest BCUT2D eigenvalue weighted by atomic mass is 10.3. The van der Waals surface area contributed by atoms with Crippen molar-refractivity contribution in [3.05, 3.63) is 27.8 Å². The molecule has 23 heavy (non-hydrogen) atoms. The van der Waals surface area contributed by atoms with Crippen LogP contribution in [0.3, 0.4) is 0 Å². The number of rotatable bonds is 3. The molecule has 0 atom stereocenters. The Morgan fingerprint density at radius 3 is 2.30 bits per heavy atom. The number of nitrogens with zero attached hydrogens (tertiary/aromatic N) is 3. The highest BCUT2D eigenvalue weighted by Gasteiger charge is 2.38. The minimum atomic E-state index is -5.01. The van der Waals surface area contributed by atoms with Crippen molar-refractivity contribution in [2.24, 2.45) is 0 Å². The van der Waals surface area contributed by atoms with Crippen molar-refractivity contribution in [1.29, 1.82) is 0 Å². The Balaban J connectivity index is 2.84. The average molecular weight is 343 g/mol. The van der Waals surface area contributed by atoms with E-state index in [9.17, 15) is 31.1 Å². The van der Waals surface area contributed by atoms with Gasteiger partial charge in [-0.25, -0.2) is 4.40 Å². The number of hydrogen-bond acceptors (Lipinski definition) is 3. The average Bonchev–Trinajstić information content (AvgIpc) is 2.72.